The van der Waals surface area contributed by atoms with Crippen molar-refractivity contribution in [3.8, 4) is 5.69 Å². The monoisotopic (exact) mass is 488 g/mol. The van der Waals surface area contributed by atoms with E-state index >= 15 is 0 Å². The summed E-state index contributed by atoms with van der Waals surface area (Å²) in [5.74, 6) is 1.72. The van der Waals surface area contributed by atoms with Crippen LogP contribution in [0.3, 0.4) is 0 Å². The van der Waals surface area contributed by atoms with Crippen LogP contribution in [0.2, 0.25) is 5.02 Å². The largest absolute Gasteiger partial charge is 0.342 e. The first kappa shape index (κ1) is 22.2. The molecular formula is C25H21ClN6OS. The Hall–Kier alpha value is -3.62. The molecule has 2 heterocycles. The molecule has 0 aliphatic heterocycles. The predicted octanol–water partition coefficient (Wildman–Crippen LogP) is 5.31. The topological polar surface area (TPSA) is 88.5 Å². The van der Waals surface area contributed by atoms with Gasteiger partial charge in [-0.25, -0.2) is 4.98 Å². The van der Waals surface area contributed by atoms with E-state index < -0.39 is 0 Å². The Morgan fingerprint density at radius 2 is 1.71 bits per heavy atom. The maximum Gasteiger partial charge on any atom is 0.234 e. The average molecular weight is 489 g/mol. The van der Waals surface area contributed by atoms with Crippen molar-refractivity contribution in [2.45, 2.75) is 18.0 Å². The maximum atomic E-state index is 12.5. The number of imidazole rings is 1. The van der Waals surface area contributed by atoms with Gasteiger partial charge in [-0.2, -0.15) is 0 Å². The first-order chi connectivity index (χ1) is 16.7. The van der Waals surface area contributed by atoms with E-state index in [-0.39, 0.29) is 11.7 Å². The lowest BCUT2D eigenvalue weighted by molar-refractivity contribution is -0.113. The smallest absolute Gasteiger partial charge is 0.234 e. The highest BCUT2D eigenvalue weighted by Gasteiger charge is 2.17. The van der Waals surface area contributed by atoms with E-state index in [1.54, 1.807) is 12.1 Å². The lowest BCUT2D eigenvalue weighted by Crippen LogP contribution is -2.15. The summed E-state index contributed by atoms with van der Waals surface area (Å²) in [4.78, 5) is 20.6. The lowest BCUT2D eigenvalue weighted by atomic mass is 10.2. The van der Waals surface area contributed by atoms with Gasteiger partial charge in [-0.05, 0) is 36.4 Å². The Balaban J connectivity index is 1.33. The van der Waals surface area contributed by atoms with E-state index in [2.05, 4.69) is 25.5 Å². The normalized spacial score (nSPS) is 11.1. The molecule has 170 valence electrons. The molecule has 2 aromatic heterocycles. The zero-order valence-electron chi connectivity index (χ0n) is 18.1. The van der Waals surface area contributed by atoms with Gasteiger partial charge in [-0.1, -0.05) is 65.8 Å². The number of para-hydroxylation sites is 4. The number of carbonyl (C=O) groups is 1. The zero-order chi connectivity index (χ0) is 23.3. The number of aromatic amines is 1. The Bertz CT molecular complexity index is 1400. The molecule has 0 saturated heterocycles. The highest BCUT2D eigenvalue weighted by Crippen LogP contribution is 2.25. The number of aromatic nitrogens is 5. The molecule has 0 bridgehead atoms. The van der Waals surface area contributed by atoms with E-state index in [1.807, 2.05) is 71.3 Å². The number of aryl methyl sites for hydroxylation is 2. The van der Waals surface area contributed by atoms with Gasteiger partial charge in [-0.3, -0.25) is 9.36 Å². The fourth-order valence-electron chi connectivity index (χ4n) is 3.63. The molecule has 0 aliphatic rings. The summed E-state index contributed by atoms with van der Waals surface area (Å²) in [5, 5.41) is 12.8. The summed E-state index contributed by atoms with van der Waals surface area (Å²) in [7, 11) is 0. The minimum atomic E-state index is -0.162. The number of rotatable bonds is 8. The Labute approximate surface area is 205 Å². The second kappa shape index (κ2) is 10.1. The predicted molar refractivity (Wildman–Crippen MR) is 136 cm³/mol. The molecule has 7 nitrogen and oxygen atoms in total. The molecule has 0 atom stereocenters. The fourth-order valence-corrected chi connectivity index (χ4v) is 4.58. The molecule has 0 unspecified atom stereocenters. The maximum absolute atomic E-state index is 12.5. The molecule has 2 N–H and O–H groups in total. The van der Waals surface area contributed by atoms with Gasteiger partial charge in [-0.15, -0.1) is 10.2 Å². The Morgan fingerprint density at radius 3 is 2.53 bits per heavy atom. The highest BCUT2D eigenvalue weighted by atomic mass is 35.5. The van der Waals surface area contributed by atoms with Crippen LogP contribution < -0.4 is 5.32 Å². The number of fused-ring (bicyclic) bond motifs is 1. The Morgan fingerprint density at radius 1 is 0.941 bits per heavy atom. The minimum Gasteiger partial charge on any atom is -0.342 e. The van der Waals surface area contributed by atoms with E-state index in [0.29, 0.717) is 28.7 Å². The number of hydrogen-bond donors (Lipinski definition) is 2. The minimum absolute atomic E-state index is 0.162. The summed E-state index contributed by atoms with van der Waals surface area (Å²) >= 11 is 7.48. The van der Waals surface area contributed by atoms with Gasteiger partial charge in [0, 0.05) is 18.5 Å². The number of amides is 1. The number of halogens is 1. The van der Waals surface area contributed by atoms with Crippen LogP contribution >= 0.6 is 23.4 Å². The van der Waals surface area contributed by atoms with Gasteiger partial charge in [0.05, 0.1) is 27.5 Å². The van der Waals surface area contributed by atoms with Crippen LogP contribution in [-0.2, 0) is 17.6 Å². The number of H-pyrrole nitrogens is 1. The molecular weight excluding hydrogens is 468 g/mol. The van der Waals surface area contributed by atoms with Crippen molar-refractivity contribution in [2.75, 3.05) is 11.1 Å². The third-order valence-corrected chi connectivity index (χ3v) is 6.48. The van der Waals surface area contributed by atoms with Gasteiger partial charge >= 0.3 is 0 Å². The molecule has 34 heavy (non-hydrogen) atoms. The van der Waals surface area contributed by atoms with Crippen molar-refractivity contribution in [3.05, 3.63) is 95.5 Å². The molecule has 0 fully saturated rings. The molecule has 9 heteroatoms. The van der Waals surface area contributed by atoms with Crippen molar-refractivity contribution >= 4 is 46.0 Å². The quantitative estimate of drug-likeness (QED) is 0.289. The van der Waals surface area contributed by atoms with E-state index in [9.17, 15) is 4.79 Å². The third kappa shape index (κ3) is 4.98. The molecule has 3 aromatic carbocycles. The van der Waals surface area contributed by atoms with E-state index in [0.717, 1.165) is 28.4 Å². The number of thioether (sulfide) groups is 1. The van der Waals surface area contributed by atoms with Crippen molar-refractivity contribution in [1.82, 2.24) is 24.7 Å². The summed E-state index contributed by atoms with van der Waals surface area (Å²) in [6.45, 7) is 0. The first-order valence-corrected chi connectivity index (χ1v) is 12.1. The van der Waals surface area contributed by atoms with Crippen molar-refractivity contribution in [3.63, 3.8) is 0 Å². The van der Waals surface area contributed by atoms with E-state index in [4.69, 9.17) is 11.6 Å². The van der Waals surface area contributed by atoms with Crippen LogP contribution in [0.1, 0.15) is 11.6 Å². The SMILES string of the molecule is O=C(CSc1nnc(CCc2nc3ccccc3[nH]2)n1-c1ccccc1)Nc1ccccc1Cl. The molecule has 0 aliphatic carbocycles. The zero-order valence-corrected chi connectivity index (χ0v) is 19.7. The molecule has 0 radical (unpaired) electrons. The summed E-state index contributed by atoms with van der Waals surface area (Å²) in [6.07, 6.45) is 1.34. The second-order valence-corrected chi connectivity index (χ2v) is 8.94. The van der Waals surface area contributed by atoms with Gasteiger partial charge in [0.15, 0.2) is 5.16 Å². The highest BCUT2D eigenvalue weighted by molar-refractivity contribution is 7.99. The second-order valence-electron chi connectivity index (χ2n) is 7.59. The number of anilines is 1. The summed E-state index contributed by atoms with van der Waals surface area (Å²) in [5.41, 5.74) is 3.50. The van der Waals surface area contributed by atoms with Crippen molar-refractivity contribution in [2.24, 2.45) is 0 Å². The van der Waals surface area contributed by atoms with Crippen LogP contribution in [0.5, 0.6) is 0 Å². The number of carbonyl (C=O) groups excluding carboxylic acids is 1. The van der Waals surface area contributed by atoms with Gasteiger partial charge in [0.2, 0.25) is 5.91 Å². The third-order valence-electron chi connectivity index (χ3n) is 5.22. The van der Waals surface area contributed by atoms with Gasteiger partial charge < -0.3 is 10.3 Å². The van der Waals surface area contributed by atoms with Crippen LogP contribution in [0.25, 0.3) is 16.7 Å². The average Bonchev–Trinajstić information content (AvgIpc) is 3.47. The van der Waals surface area contributed by atoms with Crippen LogP contribution in [0, 0.1) is 0 Å². The lowest BCUT2D eigenvalue weighted by Gasteiger charge is -2.10. The number of nitrogens with zero attached hydrogens (tertiary/aromatic N) is 4. The van der Waals surface area contributed by atoms with Crippen LogP contribution in [0.15, 0.2) is 84.0 Å². The van der Waals surface area contributed by atoms with Crippen molar-refractivity contribution in [1.29, 1.82) is 0 Å². The number of nitrogens with one attached hydrogen (secondary N) is 2. The van der Waals surface area contributed by atoms with Crippen LogP contribution in [0.4, 0.5) is 5.69 Å². The Kier molecular flexibility index (Phi) is 6.60. The summed E-state index contributed by atoms with van der Waals surface area (Å²) in [6, 6.07) is 25.0. The molecule has 1 amide bonds. The van der Waals surface area contributed by atoms with Gasteiger partial charge in [0.1, 0.15) is 11.6 Å². The van der Waals surface area contributed by atoms with Crippen molar-refractivity contribution < 1.29 is 4.79 Å². The fraction of sp³-hybridized carbons (Fsp3) is 0.120. The molecule has 0 saturated carbocycles. The number of hydrogen-bond acceptors (Lipinski definition) is 5. The standard InChI is InChI=1S/C25H21ClN6OS/c26-18-10-4-5-11-19(18)29-24(33)16-34-25-31-30-23(32(25)17-8-2-1-3-9-17)15-14-22-27-20-12-6-7-13-21(20)28-22/h1-13H,14-16H2,(H,27,28)(H,29,33). The molecule has 5 aromatic rings. The van der Waals surface area contributed by atoms with Crippen LogP contribution in [-0.4, -0.2) is 36.4 Å². The molecule has 5 rings (SSSR count). The summed E-state index contributed by atoms with van der Waals surface area (Å²) < 4.78 is 2.00. The number of benzene rings is 3. The first-order valence-electron chi connectivity index (χ1n) is 10.8. The molecule has 0 spiro atoms. The van der Waals surface area contributed by atoms with Gasteiger partial charge in [0.25, 0.3) is 0 Å². The van der Waals surface area contributed by atoms with E-state index in [1.165, 1.54) is 11.8 Å².